The molecule has 0 amide bonds. The van der Waals surface area contributed by atoms with Crippen LogP contribution in [0.2, 0.25) is 0 Å². The maximum atomic E-state index is 10.7. The largest absolute Gasteiger partial charge is 0.493 e. The number of aliphatic hydroxyl groups is 1. The van der Waals surface area contributed by atoms with Crippen molar-refractivity contribution in [1.82, 2.24) is 0 Å². The van der Waals surface area contributed by atoms with E-state index in [1.165, 1.54) is 11.1 Å². The van der Waals surface area contributed by atoms with Gasteiger partial charge in [0.05, 0.1) is 12.7 Å². The lowest BCUT2D eigenvalue weighted by atomic mass is 9.73. The first-order valence-corrected chi connectivity index (χ1v) is 7.20. The molecule has 0 spiro atoms. The minimum Gasteiger partial charge on any atom is -0.493 e. The number of aliphatic hydroxyl groups excluding tert-OH is 1. The van der Waals surface area contributed by atoms with Crippen LogP contribution in [0.3, 0.4) is 0 Å². The molecule has 0 radical (unpaired) electrons. The average Bonchev–Trinajstić information content (AvgIpc) is 2.42. The van der Waals surface area contributed by atoms with Crippen LogP contribution in [0.5, 0.6) is 5.75 Å². The summed E-state index contributed by atoms with van der Waals surface area (Å²) in [4.78, 5) is 0. The van der Waals surface area contributed by atoms with Crippen LogP contribution in [-0.2, 0) is 6.42 Å². The number of hydrogen-bond donors (Lipinski definition) is 1. The summed E-state index contributed by atoms with van der Waals surface area (Å²) in [6, 6.07) is 14.4. The predicted octanol–water partition coefficient (Wildman–Crippen LogP) is 3.77. The van der Waals surface area contributed by atoms with Gasteiger partial charge in [-0.2, -0.15) is 0 Å². The highest BCUT2D eigenvalue weighted by molar-refractivity contribution is 5.46. The highest BCUT2D eigenvalue weighted by Crippen LogP contribution is 2.45. The van der Waals surface area contributed by atoms with Crippen LogP contribution >= 0.6 is 0 Å². The lowest BCUT2D eigenvalue weighted by Crippen LogP contribution is -2.24. The van der Waals surface area contributed by atoms with Crippen molar-refractivity contribution in [2.45, 2.75) is 32.3 Å². The van der Waals surface area contributed by atoms with E-state index in [2.05, 4.69) is 18.2 Å². The number of rotatable bonds is 4. The molecule has 0 saturated carbocycles. The molecule has 0 saturated heterocycles. The van der Waals surface area contributed by atoms with Crippen molar-refractivity contribution in [2.24, 2.45) is 0 Å². The third kappa shape index (κ3) is 2.20. The van der Waals surface area contributed by atoms with Crippen molar-refractivity contribution >= 4 is 0 Å². The van der Waals surface area contributed by atoms with Gasteiger partial charge in [0.1, 0.15) is 5.75 Å². The number of ether oxygens (including phenoxy) is 1. The molecule has 1 N–H and O–H groups in total. The van der Waals surface area contributed by atoms with Gasteiger partial charge in [0.2, 0.25) is 0 Å². The summed E-state index contributed by atoms with van der Waals surface area (Å²) in [6.45, 7) is 4.62. The smallest absolute Gasteiger partial charge is 0.125 e. The monoisotopic (exact) mass is 268 g/mol. The number of hydrogen-bond acceptors (Lipinski definition) is 2. The fourth-order valence-electron chi connectivity index (χ4n) is 2.98. The SMILES string of the molecule is CCOc1ccc(C)cc1C(O)C1Cc2ccccc21. The average molecular weight is 268 g/mol. The summed E-state index contributed by atoms with van der Waals surface area (Å²) in [5.74, 6) is 0.988. The van der Waals surface area contributed by atoms with Crippen molar-refractivity contribution < 1.29 is 9.84 Å². The maximum absolute atomic E-state index is 10.7. The van der Waals surface area contributed by atoms with E-state index in [-0.39, 0.29) is 5.92 Å². The van der Waals surface area contributed by atoms with Crippen LogP contribution in [-0.4, -0.2) is 11.7 Å². The summed E-state index contributed by atoms with van der Waals surface area (Å²) in [5.41, 5.74) is 4.67. The zero-order valence-corrected chi connectivity index (χ0v) is 12.0. The van der Waals surface area contributed by atoms with E-state index in [1.807, 2.05) is 38.1 Å². The molecule has 0 fully saturated rings. The van der Waals surface area contributed by atoms with Crippen molar-refractivity contribution in [3.05, 3.63) is 64.7 Å². The first-order chi connectivity index (χ1) is 9.70. The molecule has 104 valence electrons. The molecule has 1 aliphatic carbocycles. The van der Waals surface area contributed by atoms with Crippen molar-refractivity contribution in [1.29, 1.82) is 0 Å². The zero-order chi connectivity index (χ0) is 14.1. The number of benzene rings is 2. The van der Waals surface area contributed by atoms with Gasteiger partial charge in [0.25, 0.3) is 0 Å². The lowest BCUT2D eigenvalue weighted by molar-refractivity contribution is 0.130. The molecule has 2 atom stereocenters. The van der Waals surface area contributed by atoms with Crippen molar-refractivity contribution in [3.8, 4) is 5.75 Å². The Morgan fingerprint density at radius 2 is 2.05 bits per heavy atom. The lowest BCUT2D eigenvalue weighted by Gasteiger charge is -2.34. The van der Waals surface area contributed by atoms with Gasteiger partial charge >= 0.3 is 0 Å². The molecule has 0 bridgehead atoms. The third-order valence-electron chi connectivity index (χ3n) is 4.06. The molecular formula is C18H20O2. The highest BCUT2D eigenvalue weighted by atomic mass is 16.5. The zero-order valence-electron chi connectivity index (χ0n) is 12.0. The Morgan fingerprint density at radius 1 is 1.25 bits per heavy atom. The van der Waals surface area contributed by atoms with Crippen LogP contribution in [0.1, 0.15) is 41.2 Å². The summed E-state index contributed by atoms with van der Waals surface area (Å²) in [6.07, 6.45) is 0.447. The molecular weight excluding hydrogens is 248 g/mol. The van der Waals surface area contributed by atoms with E-state index in [1.54, 1.807) is 0 Å². The highest BCUT2D eigenvalue weighted by Gasteiger charge is 2.33. The van der Waals surface area contributed by atoms with Crippen LogP contribution in [0.4, 0.5) is 0 Å². The normalized spacial score (nSPS) is 18.1. The molecule has 0 aromatic heterocycles. The molecule has 1 aliphatic rings. The van der Waals surface area contributed by atoms with Gasteiger partial charge in [-0.05, 0) is 43.5 Å². The number of fused-ring (bicyclic) bond motifs is 1. The fourth-order valence-corrected chi connectivity index (χ4v) is 2.98. The topological polar surface area (TPSA) is 29.5 Å². The Hall–Kier alpha value is -1.80. The standard InChI is InChI=1S/C18H20O2/c1-3-20-17-9-8-12(2)10-16(17)18(19)15-11-13-6-4-5-7-14(13)15/h4-10,15,18-19H,3,11H2,1-2H3. The van der Waals surface area contributed by atoms with E-state index in [0.29, 0.717) is 6.61 Å². The quantitative estimate of drug-likeness (QED) is 0.914. The molecule has 0 heterocycles. The first-order valence-electron chi connectivity index (χ1n) is 7.20. The summed E-state index contributed by atoms with van der Waals surface area (Å²) in [5, 5.41) is 10.7. The fraction of sp³-hybridized carbons (Fsp3) is 0.333. The maximum Gasteiger partial charge on any atom is 0.125 e. The summed E-state index contributed by atoms with van der Waals surface area (Å²) >= 11 is 0. The predicted molar refractivity (Wildman–Crippen MR) is 80.2 cm³/mol. The van der Waals surface area contributed by atoms with Crippen molar-refractivity contribution in [2.75, 3.05) is 6.61 Å². The molecule has 0 aliphatic heterocycles. The Bertz CT molecular complexity index is 619. The molecule has 2 aromatic rings. The van der Waals surface area contributed by atoms with E-state index in [9.17, 15) is 5.11 Å². The molecule has 2 heteroatoms. The Kier molecular flexibility index (Phi) is 3.49. The molecule has 2 nitrogen and oxygen atoms in total. The van der Waals surface area contributed by atoms with E-state index in [4.69, 9.17) is 4.74 Å². The minimum atomic E-state index is -0.494. The van der Waals surface area contributed by atoms with Crippen molar-refractivity contribution in [3.63, 3.8) is 0 Å². The van der Waals surface area contributed by atoms with Gasteiger partial charge in [0, 0.05) is 11.5 Å². The van der Waals surface area contributed by atoms with E-state index >= 15 is 0 Å². The molecule has 20 heavy (non-hydrogen) atoms. The van der Waals surface area contributed by atoms with Crippen LogP contribution in [0, 0.1) is 6.92 Å². The second-order valence-electron chi connectivity index (χ2n) is 5.43. The Labute approximate surface area is 120 Å². The van der Waals surface area contributed by atoms with E-state index in [0.717, 1.165) is 23.3 Å². The number of aryl methyl sites for hydroxylation is 1. The van der Waals surface area contributed by atoms with Gasteiger partial charge in [0.15, 0.2) is 0 Å². The summed E-state index contributed by atoms with van der Waals surface area (Å²) < 4.78 is 5.66. The Morgan fingerprint density at radius 3 is 2.80 bits per heavy atom. The van der Waals surface area contributed by atoms with Gasteiger partial charge in [-0.15, -0.1) is 0 Å². The van der Waals surface area contributed by atoms with Gasteiger partial charge < -0.3 is 9.84 Å². The van der Waals surface area contributed by atoms with Gasteiger partial charge in [-0.25, -0.2) is 0 Å². The second-order valence-corrected chi connectivity index (χ2v) is 5.43. The second kappa shape index (κ2) is 5.29. The van der Waals surface area contributed by atoms with Crippen LogP contribution in [0.15, 0.2) is 42.5 Å². The van der Waals surface area contributed by atoms with E-state index < -0.39 is 6.10 Å². The third-order valence-corrected chi connectivity index (χ3v) is 4.06. The van der Waals surface area contributed by atoms with Crippen LogP contribution in [0.25, 0.3) is 0 Å². The molecule has 2 aromatic carbocycles. The van der Waals surface area contributed by atoms with Gasteiger partial charge in [-0.1, -0.05) is 35.9 Å². The minimum absolute atomic E-state index is 0.187. The van der Waals surface area contributed by atoms with Gasteiger partial charge in [-0.3, -0.25) is 0 Å². The Balaban J connectivity index is 1.92. The summed E-state index contributed by atoms with van der Waals surface area (Å²) in [7, 11) is 0. The molecule has 2 unspecified atom stereocenters. The van der Waals surface area contributed by atoms with Crippen LogP contribution < -0.4 is 4.74 Å². The molecule has 3 rings (SSSR count). The first kappa shape index (κ1) is 13.2.